The summed E-state index contributed by atoms with van der Waals surface area (Å²) in [4.78, 5) is 15.9. The summed E-state index contributed by atoms with van der Waals surface area (Å²) in [7, 11) is 0. The Kier molecular flexibility index (Phi) is 6.88. The molecule has 6 atom stereocenters. The molecule has 1 saturated carbocycles. The molecule has 212 valence electrons. The molecule has 1 saturated heterocycles. The molecule has 0 spiro atoms. The first-order chi connectivity index (χ1) is 18.1. The minimum atomic E-state index is -5.05. The van der Waals surface area contributed by atoms with Crippen molar-refractivity contribution in [2.75, 3.05) is 6.54 Å². The van der Waals surface area contributed by atoms with Crippen LogP contribution in [0.1, 0.15) is 75.1 Å². The van der Waals surface area contributed by atoms with Crippen LogP contribution in [-0.4, -0.2) is 40.3 Å². The number of aliphatic hydroxyl groups is 1. The largest absolute Gasteiger partial charge is 0.426 e. The van der Waals surface area contributed by atoms with Gasteiger partial charge in [0.25, 0.3) is 0 Å². The van der Waals surface area contributed by atoms with Crippen molar-refractivity contribution in [3.05, 3.63) is 70.5 Å². The number of carbonyl (C=O) groups is 1. The van der Waals surface area contributed by atoms with Gasteiger partial charge in [-0.25, -0.2) is 8.78 Å². The van der Waals surface area contributed by atoms with E-state index in [1.165, 1.54) is 24.3 Å². The lowest BCUT2D eigenvalue weighted by molar-refractivity contribution is -0.228. The number of likely N-dealkylation sites (tertiary alicyclic amines) is 1. The third kappa shape index (κ3) is 4.87. The van der Waals surface area contributed by atoms with Crippen LogP contribution in [0.5, 0.6) is 0 Å². The molecule has 0 radical (unpaired) electrons. The number of hydrogen-bond acceptors (Lipinski definition) is 2. The first-order valence-corrected chi connectivity index (χ1v) is 13.8. The van der Waals surface area contributed by atoms with Crippen LogP contribution in [-0.2, 0) is 28.7 Å². The van der Waals surface area contributed by atoms with E-state index >= 15 is 0 Å². The van der Waals surface area contributed by atoms with E-state index in [0.717, 1.165) is 11.1 Å². The predicted octanol–water partition coefficient (Wildman–Crippen LogP) is 6.79. The molecule has 2 fully saturated rings. The lowest BCUT2D eigenvalue weighted by Gasteiger charge is -2.46. The van der Waals surface area contributed by atoms with Gasteiger partial charge in [-0.15, -0.1) is 0 Å². The molecule has 3 aliphatic rings. The van der Waals surface area contributed by atoms with Gasteiger partial charge in [0.05, 0.1) is 5.60 Å². The van der Waals surface area contributed by atoms with Crippen molar-refractivity contribution in [3.63, 3.8) is 0 Å². The molecule has 1 aliphatic heterocycles. The number of carbonyl (C=O) groups excluding carboxylic acids is 1. The minimum absolute atomic E-state index is 0.0162. The summed E-state index contributed by atoms with van der Waals surface area (Å²) in [6.45, 7) is 4.83. The maximum atomic E-state index is 14.9. The highest BCUT2D eigenvalue weighted by atomic mass is 19.4. The van der Waals surface area contributed by atoms with E-state index in [9.17, 15) is 31.9 Å². The highest BCUT2D eigenvalue weighted by Crippen LogP contribution is 2.52. The van der Waals surface area contributed by atoms with Gasteiger partial charge in [0.2, 0.25) is 11.6 Å². The summed E-state index contributed by atoms with van der Waals surface area (Å²) in [5.41, 5.74) is -3.09. The van der Waals surface area contributed by atoms with Crippen LogP contribution in [0.15, 0.2) is 42.5 Å². The van der Waals surface area contributed by atoms with Crippen LogP contribution < -0.4 is 0 Å². The number of rotatable bonds is 4. The van der Waals surface area contributed by atoms with Crippen LogP contribution in [0, 0.1) is 17.7 Å². The Hall–Kier alpha value is -2.48. The number of amides is 1. The number of alkyl halides is 4. The molecule has 3 nitrogen and oxygen atoms in total. The van der Waals surface area contributed by atoms with Crippen molar-refractivity contribution >= 4 is 5.91 Å². The molecule has 2 aromatic rings. The molecule has 8 heteroatoms. The van der Waals surface area contributed by atoms with Gasteiger partial charge in [0.1, 0.15) is 5.82 Å². The van der Waals surface area contributed by atoms with Crippen molar-refractivity contribution in [1.29, 1.82) is 0 Å². The fourth-order valence-electron chi connectivity index (χ4n) is 7.57. The first-order valence-electron chi connectivity index (χ1n) is 13.8. The zero-order chi connectivity index (χ0) is 28.4. The molecule has 1 heterocycles. The molecule has 4 unspecified atom stereocenters. The zero-order valence-corrected chi connectivity index (χ0v) is 22.6. The Morgan fingerprint density at radius 3 is 2.51 bits per heavy atom. The monoisotopic (exact) mass is 549 g/mol. The van der Waals surface area contributed by atoms with E-state index in [2.05, 4.69) is 0 Å². The number of benzene rings is 2. The van der Waals surface area contributed by atoms with Crippen LogP contribution in [0.3, 0.4) is 0 Å². The molecule has 39 heavy (non-hydrogen) atoms. The Bertz CT molecular complexity index is 1260. The van der Waals surface area contributed by atoms with Crippen LogP contribution in [0.4, 0.5) is 22.0 Å². The molecule has 0 bridgehead atoms. The van der Waals surface area contributed by atoms with E-state index < -0.39 is 28.4 Å². The molecule has 2 aliphatic carbocycles. The second-order valence-electron chi connectivity index (χ2n) is 12.5. The minimum Gasteiger partial charge on any atom is -0.390 e. The van der Waals surface area contributed by atoms with Gasteiger partial charge < -0.3 is 10.0 Å². The molecule has 0 aromatic heterocycles. The van der Waals surface area contributed by atoms with Gasteiger partial charge in [-0.3, -0.25) is 4.79 Å². The second kappa shape index (κ2) is 9.57. The van der Waals surface area contributed by atoms with Crippen molar-refractivity contribution in [2.24, 2.45) is 11.8 Å². The van der Waals surface area contributed by atoms with Gasteiger partial charge >= 0.3 is 6.18 Å². The fourth-order valence-corrected chi connectivity index (χ4v) is 7.57. The summed E-state index contributed by atoms with van der Waals surface area (Å²) >= 11 is 0. The molecular formula is C31H36F5NO2. The first kappa shape index (κ1) is 28.1. The third-order valence-corrected chi connectivity index (χ3v) is 9.67. The average Bonchev–Trinajstić information content (AvgIpc) is 3.21. The third-order valence-electron chi connectivity index (χ3n) is 9.67. The van der Waals surface area contributed by atoms with Gasteiger partial charge in [0.15, 0.2) is 0 Å². The Labute approximate surface area is 226 Å². The van der Waals surface area contributed by atoms with Crippen LogP contribution in [0.25, 0.3) is 0 Å². The predicted molar refractivity (Wildman–Crippen MR) is 138 cm³/mol. The molecule has 2 aromatic carbocycles. The normalized spacial score (nSPS) is 32.3. The second-order valence-corrected chi connectivity index (χ2v) is 12.5. The van der Waals surface area contributed by atoms with Crippen molar-refractivity contribution in [1.82, 2.24) is 4.90 Å². The van der Waals surface area contributed by atoms with Crippen molar-refractivity contribution in [2.45, 2.75) is 94.6 Å². The van der Waals surface area contributed by atoms with E-state index in [0.29, 0.717) is 64.0 Å². The van der Waals surface area contributed by atoms with Crippen molar-refractivity contribution < 1.29 is 31.9 Å². The maximum Gasteiger partial charge on any atom is 0.426 e. The van der Waals surface area contributed by atoms with Crippen LogP contribution in [0.2, 0.25) is 0 Å². The lowest BCUT2D eigenvalue weighted by atomic mass is 9.63. The molecule has 1 N–H and O–H groups in total. The molecular weight excluding hydrogens is 513 g/mol. The highest BCUT2D eigenvalue weighted by Gasteiger charge is 2.56. The quantitative estimate of drug-likeness (QED) is 0.427. The Morgan fingerprint density at radius 1 is 1.10 bits per heavy atom. The molecule has 1 amide bonds. The number of fused-ring (bicyclic) bond motifs is 3. The lowest BCUT2D eigenvalue weighted by Crippen LogP contribution is -2.52. The van der Waals surface area contributed by atoms with E-state index in [4.69, 9.17) is 0 Å². The summed E-state index contributed by atoms with van der Waals surface area (Å²) in [6.07, 6.45) is -1.40. The summed E-state index contributed by atoms with van der Waals surface area (Å²) in [6, 6.07) is 10.2. The SMILES string of the molecule is C[C@H]1CC(C)(O)CC[C@H]1C(=O)N1CCC2(Cc3cccc(F)c3)c3ccc(C(C)(F)C(F)(F)F)cc3CCC12. The zero-order valence-electron chi connectivity index (χ0n) is 22.6. The topological polar surface area (TPSA) is 40.5 Å². The van der Waals surface area contributed by atoms with Crippen LogP contribution >= 0.6 is 0 Å². The standard InChI is InChI=1S/C31H36F5NO2/c1-19-17-28(2,39)12-11-24(19)27(38)37-14-13-30(18-20-5-4-6-23(32)15-20)25-9-8-22(29(3,33)31(34,35)36)16-21(25)7-10-26(30)37/h4-6,8-9,15-16,19,24,26,39H,7,10-14,17-18H2,1-3H3/t19-,24+,26?,28?,29?,30?/m0/s1. The van der Waals surface area contributed by atoms with Gasteiger partial charge in [-0.2, -0.15) is 13.2 Å². The Morgan fingerprint density at radius 2 is 1.85 bits per heavy atom. The van der Waals surface area contributed by atoms with Gasteiger partial charge in [-0.1, -0.05) is 37.3 Å². The number of hydrogen-bond donors (Lipinski definition) is 1. The Balaban J connectivity index is 1.53. The number of halogens is 5. The summed E-state index contributed by atoms with van der Waals surface area (Å²) in [5, 5.41) is 10.5. The summed E-state index contributed by atoms with van der Waals surface area (Å²) in [5.74, 6) is -0.516. The smallest absolute Gasteiger partial charge is 0.390 e. The molecule has 5 rings (SSSR count). The number of nitrogens with zero attached hydrogens (tertiary/aromatic N) is 1. The van der Waals surface area contributed by atoms with Crippen molar-refractivity contribution in [3.8, 4) is 0 Å². The van der Waals surface area contributed by atoms with Gasteiger partial charge in [0, 0.05) is 23.9 Å². The van der Waals surface area contributed by atoms with E-state index in [1.54, 1.807) is 19.1 Å². The number of aryl methyl sites for hydroxylation is 1. The van der Waals surface area contributed by atoms with E-state index in [1.807, 2.05) is 17.9 Å². The average molecular weight is 550 g/mol. The highest BCUT2D eigenvalue weighted by molar-refractivity contribution is 5.80. The fraction of sp³-hybridized carbons (Fsp3) is 0.581. The van der Waals surface area contributed by atoms with E-state index in [-0.39, 0.29) is 29.6 Å². The maximum absolute atomic E-state index is 14.9. The summed E-state index contributed by atoms with van der Waals surface area (Å²) < 4.78 is 69.5. The van der Waals surface area contributed by atoms with Gasteiger partial charge in [-0.05, 0) is 99.1 Å².